The summed E-state index contributed by atoms with van der Waals surface area (Å²) in [4.78, 5) is 3.59. The minimum Gasteiger partial charge on any atom is -0.260 e. The van der Waals surface area contributed by atoms with Crippen molar-refractivity contribution in [1.29, 1.82) is 0 Å². The minimum atomic E-state index is -0.324. The highest BCUT2D eigenvalue weighted by atomic mass is 35.5. The topological polar surface area (TPSA) is 12.9 Å². The predicted octanol–water partition coefficient (Wildman–Crippen LogP) is 2.44. The van der Waals surface area contributed by atoms with Gasteiger partial charge in [-0.25, -0.2) is 4.39 Å². The maximum atomic E-state index is 12.7. The van der Waals surface area contributed by atoms with Gasteiger partial charge < -0.3 is 0 Å². The molecular formula is C7H7ClFN. The molecule has 0 aliphatic heterocycles. The van der Waals surface area contributed by atoms with E-state index >= 15 is 0 Å². The molecule has 1 aromatic heterocycles. The van der Waals surface area contributed by atoms with Crippen LogP contribution in [0.4, 0.5) is 4.39 Å². The highest BCUT2D eigenvalue weighted by Crippen LogP contribution is 2.16. The molecule has 1 aromatic rings. The summed E-state index contributed by atoms with van der Waals surface area (Å²) in [5, 5.41) is 0.405. The number of hydrogen-bond donors (Lipinski definition) is 0. The van der Waals surface area contributed by atoms with Gasteiger partial charge in [0, 0.05) is 11.8 Å². The number of aromatic nitrogens is 1. The fraction of sp³-hybridized carbons (Fsp3) is 0.286. The van der Waals surface area contributed by atoms with Crippen molar-refractivity contribution in [2.24, 2.45) is 0 Å². The minimum absolute atomic E-state index is 0.324. The van der Waals surface area contributed by atoms with Gasteiger partial charge in [0.25, 0.3) is 0 Å². The summed E-state index contributed by atoms with van der Waals surface area (Å²) in [5.41, 5.74) is 0.539. The van der Waals surface area contributed by atoms with Gasteiger partial charge in [-0.3, -0.25) is 4.98 Å². The Labute approximate surface area is 63.8 Å². The van der Waals surface area contributed by atoms with E-state index in [1.54, 1.807) is 0 Å². The highest BCUT2D eigenvalue weighted by molar-refractivity contribution is 6.31. The lowest BCUT2D eigenvalue weighted by Crippen LogP contribution is -1.89. The maximum Gasteiger partial charge on any atom is 0.146 e. The monoisotopic (exact) mass is 159 g/mol. The standard InChI is InChI=1S/C7H7ClFN/c1-2-5-6(8)3-10-4-7(5)9/h3-4H,2H2,1H3. The molecule has 0 N–H and O–H groups in total. The van der Waals surface area contributed by atoms with Crippen LogP contribution in [0.3, 0.4) is 0 Å². The Morgan fingerprint density at radius 3 is 2.70 bits per heavy atom. The quantitative estimate of drug-likeness (QED) is 0.614. The van der Waals surface area contributed by atoms with Gasteiger partial charge >= 0.3 is 0 Å². The summed E-state index contributed by atoms with van der Waals surface area (Å²) in [7, 11) is 0. The first kappa shape index (κ1) is 7.48. The molecule has 0 saturated carbocycles. The summed E-state index contributed by atoms with van der Waals surface area (Å²) in [5.74, 6) is -0.324. The second kappa shape index (κ2) is 2.97. The van der Waals surface area contributed by atoms with Gasteiger partial charge in [0.1, 0.15) is 5.82 Å². The molecule has 0 aliphatic rings. The van der Waals surface area contributed by atoms with E-state index in [0.29, 0.717) is 17.0 Å². The summed E-state index contributed by atoms with van der Waals surface area (Å²) in [6, 6.07) is 0. The fourth-order valence-corrected chi connectivity index (χ4v) is 1.06. The largest absolute Gasteiger partial charge is 0.260 e. The van der Waals surface area contributed by atoms with Crippen LogP contribution in [0, 0.1) is 5.82 Å². The zero-order valence-electron chi connectivity index (χ0n) is 5.56. The van der Waals surface area contributed by atoms with Crippen LogP contribution in [0.2, 0.25) is 5.02 Å². The molecule has 0 aromatic carbocycles. The molecule has 0 unspecified atom stereocenters. The lowest BCUT2D eigenvalue weighted by atomic mass is 10.2. The predicted molar refractivity (Wildman–Crippen MR) is 38.6 cm³/mol. The van der Waals surface area contributed by atoms with Crippen LogP contribution >= 0.6 is 11.6 Å². The molecule has 3 heteroatoms. The first-order valence-electron chi connectivity index (χ1n) is 3.03. The van der Waals surface area contributed by atoms with E-state index in [4.69, 9.17) is 11.6 Å². The lowest BCUT2D eigenvalue weighted by Gasteiger charge is -1.99. The van der Waals surface area contributed by atoms with Crippen molar-refractivity contribution in [2.75, 3.05) is 0 Å². The van der Waals surface area contributed by atoms with E-state index in [1.165, 1.54) is 12.4 Å². The zero-order valence-corrected chi connectivity index (χ0v) is 6.32. The van der Waals surface area contributed by atoms with Crippen LogP contribution in [0.25, 0.3) is 0 Å². The molecule has 0 aliphatic carbocycles. The average molecular weight is 160 g/mol. The second-order valence-corrected chi connectivity index (χ2v) is 2.34. The number of pyridine rings is 1. The molecule has 1 nitrogen and oxygen atoms in total. The van der Waals surface area contributed by atoms with Crippen LogP contribution in [-0.4, -0.2) is 4.98 Å². The van der Waals surface area contributed by atoms with Gasteiger partial charge in [0.2, 0.25) is 0 Å². The summed E-state index contributed by atoms with van der Waals surface area (Å²) in [6.45, 7) is 1.85. The van der Waals surface area contributed by atoms with Crippen LogP contribution in [0.5, 0.6) is 0 Å². The van der Waals surface area contributed by atoms with Crippen LogP contribution < -0.4 is 0 Å². The van der Waals surface area contributed by atoms with E-state index in [2.05, 4.69) is 4.98 Å². The van der Waals surface area contributed by atoms with Gasteiger partial charge in [-0.2, -0.15) is 0 Å². The van der Waals surface area contributed by atoms with E-state index in [-0.39, 0.29) is 5.82 Å². The maximum absolute atomic E-state index is 12.7. The summed E-state index contributed by atoms with van der Waals surface area (Å²) < 4.78 is 12.7. The highest BCUT2D eigenvalue weighted by Gasteiger charge is 2.03. The van der Waals surface area contributed by atoms with Crippen molar-refractivity contribution in [3.05, 3.63) is 28.8 Å². The van der Waals surface area contributed by atoms with Crippen molar-refractivity contribution in [3.8, 4) is 0 Å². The summed E-state index contributed by atoms with van der Waals surface area (Å²) in [6.07, 6.45) is 3.22. The van der Waals surface area contributed by atoms with E-state index in [9.17, 15) is 4.39 Å². The van der Waals surface area contributed by atoms with Crippen molar-refractivity contribution < 1.29 is 4.39 Å². The molecule has 0 amide bonds. The SMILES string of the molecule is CCc1c(F)cncc1Cl. The molecule has 54 valence electrons. The van der Waals surface area contributed by atoms with Gasteiger partial charge in [-0.15, -0.1) is 0 Å². The van der Waals surface area contributed by atoms with Gasteiger partial charge in [0.15, 0.2) is 0 Å². The molecule has 0 bridgehead atoms. The molecule has 0 fully saturated rings. The third-order valence-electron chi connectivity index (χ3n) is 1.31. The second-order valence-electron chi connectivity index (χ2n) is 1.94. The number of nitrogens with zero attached hydrogens (tertiary/aromatic N) is 1. The molecule has 1 rings (SSSR count). The van der Waals surface area contributed by atoms with Crippen LogP contribution in [0.1, 0.15) is 12.5 Å². The molecule has 1 heterocycles. The van der Waals surface area contributed by atoms with Crippen molar-refractivity contribution >= 4 is 11.6 Å². The number of rotatable bonds is 1. The number of hydrogen-bond acceptors (Lipinski definition) is 1. The molecular weight excluding hydrogens is 153 g/mol. The summed E-state index contributed by atoms with van der Waals surface area (Å²) >= 11 is 5.63. The zero-order chi connectivity index (χ0) is 7.56. The Kier molecular flexibility index (Phi) is 2.22. The Balaban J connectivity index is 3.17. The first-order valence-corrected chi connectivity index (χ1v) is 3.41. The van der Waals surface area contributed by atoms with E-state index in [0.717, 1.165) is 0 Å². The van der Waals surface area contributed by atoms with Crippen LogP contribution in [0.15, 0.2) is 12.4 Å². The van der Waals surface area contributed by atoms with Gasteiger partial charge in [0.05, 0.1) is 11.2 Å². The third kappa shape index (κ3) is 1.27. The Morgan fingerprint density at radius 2 is 2.30 bits per heavy atom. The smallest absolute Gasteiger partial charge is 0.146 e. The van der Waals surface area contributed by atoms with Crippen molar-refractivity contribution in [2.45, 2.75) is 13.3 Å². The molecule has 10 heavy (non-hydrogen) atoms. The average Bonchev–Trinajstić information content (AvgIpc) is 1.88. The van der Waals surface area contributed by atoms with Crippen LogP contribution in [-0.2, 0) is 6.42 Å². The molecule has 0 spiro atoms. The Hall–Kier alpha value is -0.630. The van der Waals surface area contributed by atoms with E-state index in [1.807, 2.05) is 6.92 Å². The molecule has 0 radical (unpaired) electrons. The van der Waals surface area contributed by atoms with Gasteiger partial charge in [-0.1, -0.05) is 18.5 Å². The Bertz CT molecular complexity index is 217. The fourth-order valence-electron chi connectivity index (χ4n) is 0.776. The first-order chi connectivity index (χ1) is 4.75. The normalized spacial score (nSPS) is 9.90. The number of halogens is 2. The lowest BCUT2D eigenvalue weighted by molar-refractivity contribution is 0.606. The van der Waals surface area contributed by atoms with Crippen molar-refractivity contribution in [3.63, 3.8) is 0 Å². The Morgan fingerprint density at radius 1 is 1.60 bits per heavy atom. The van der Waals surface area contributed by atoms with E-state index < -0.39 is 0 Å². The van der Waals surface area contributed by atoms with Gasteiger partial charge in [-0.05, 0) is 6.42 Å². The molecule has 0 atom stereocenters. The van der Waals surface area contributed by atoms with Crippen molar-refractivity contribution in [1.82, 2.24) is 4.98 Å². The molecule has 0 saturated heterocycles. The third-order valence-corrected chi connectivity index (χ3v) is 1.63.